The zero-order valence-corrected chi connectivity index (χ0v) is 18.0. The van der Waals surface area contributed by atoms with Gasteiger partial charge in [0.1, 0.15) is 30.1 Å². The number of carbonyl (C=O) groups excluding carboxylic acids is 1. The van der Waals surface area contributed by atoms with Crippen molar-refractivity contribution in [3.63, 3.8) is 0 Å². The Bertz CT molecular complexity index is 1070. The minimum Gasteiger partial charge on any atom is -0.377 e. The standard InChI is InChI=1S/C22H26F2N6O2/c1-32-13-16(31)6-2-4-15-5-3-9-29(12-15)21-10-18(26-14-27-21)19-11-25-20-8-7-17(22(23)24)28-30(19)20/h7-8,10-11,14-15,22H,2-6,9,12-13H2,1H3. The van der Waals surface area contributed by atoms with Crippen LogP contribution in [0.15, 0.2) is 30.7 Å². The van der Waals surface area contributed by atoms with E-state index in [0.29, 0.717) is 29.4 Å². The minimum absolute atomic E-state index is 0.136. The number of aromatic nitrogens is 5. The lowest BCUT2D eigenvalue weighted by Crippen LogP contribution is -2.36. The molecule has 4 heterocycles. The number of carbonyl (C=O) groups is 1. The van der Waals surface area contributed by atoms with Crippen molar-refractivity contribution in [3.05, 3.63) is 36.4 Å². The number of ketones is 1. The normalized spacial score (nSPS) is 16.8. The predicted molar refractivity (Wildman–Crippen MR) is 115 cm³/mol. The first kappa shape index (κ1) is 22.2. The summed E-state index contributed by atoms with van der Waals surface area (Å²) in [6, 6.07) is 4.65. The number of piperidine rings is 1. The molecule has 1 saturated heterocycles. The van der Waals surface area contributed by atoms with Crippen LogP contribution in [0.5, 0.6) is 0 Å². The van der Waals surface area contributed by atoms with Gasteiger partial charge in [0.05, 0.1) is 11.9 Å². The number of nitrogens with zero attached hydrogens (tertiary/aromatic N) is 6. The van der Waals surface area contributed by atoms with E-state index >= 15 is 0 Å². The molecule has 1 aliphatic heterocycles. The molecule has 0 radical (unpaired) electrons. The van der Waals surface area contributed by atoms with Crippen LogP contribution in [0.25, 0.3) is 17.0 Å². The molecule has 32 heavy (non-hydrogen) atoms. The summed E-state index contributed by atoms with van der Waals surface area (Å²) in [4.78, 5) is 26.9. The summed E-state index contributed by atoms with van der Waals surface area (Å²) >= 11 is 0. The smallest absolute Gasteiger partial charge is 0.282 e. The maximum Gasteiger partial charge on any atom is 0.282 e. The second-order valence-electron chi connectivity index (χ2n) is 8.05. The third kappa shape index (κ3) is 5.07. The van der Waals surface area contributed by atoms with Gasteiger partial charge in [-0.1, -0.05) is 0 Å². The highest BCUT2D eigenvalue weighted by Gasteiger charge is 2.22. The quantitative estimate of drug-likeness (QED) is 0.497. The van der Waals surface area contributed by atoms with Crippen molar-refractivity contribution in [1.82, 2.24) is 24.6 Å². The van der Waals surface area contributed by atoms with E-state index in [4.69, 9.17) is 4.74 Å². The lowest BCUT2D eigenvalue weighted by Gasteiger charge is -2.33. The molecule has 3 aromatic rings. The number of ether oxygens (including phenoxy) is 1. The molecule has 0 N–H and O–H groups in total. The molecule has 0 aromatic carbocycles. The summed E-state index contributed by atoms with van der Waals surface area (Å²) in [5.41, 5.74) is 1.28. The fourth-order valence-electron chi connectivity index (χ4n) is 4.17. The van der Waals surface area contributed by atoms with Gasteiger partial charge in [0.15, 0.2) is 11.4 Å². The van der Waals surface area contributed by atoms with Crippen LogP contribution < -0.4 is 4.90 Å². The zero-order chi connectivity index (χ0) is 22.5. The van der Waals surface area contributed by atoms with E-state index in [2.05, 4.69) is 25.0 Å². The number of fused-ring (bicyclic) bond motifs is 1. The van der Waals surface area contributed by atoms with Crippen LogP contribution in [-0.4, -0.2) is 57.2 Å². The van der Waals surface area contributed by atoms with Crippen LogP contribution in [-0.2, 0) is 9.53 Å². The Labute approximate surface area is 184 Å². The van der Waals surface area contributed by atoms with Crippen molar-refractivity contribution in [2.24, 2.45) is 5.92 Å². The predicted octanol–water partition coefficient (Wildman–Crippen LogP) is 3.73. The van der Waals surface area contributed by atoms with E-state index in [1.165, 1.54) is 30.1 Å². The number of rotatable bonds is 9. The van der Waals surface area contributed by atoms with Gasteiger partial charge in [-0.3, -0.25) is 4.79 Å². The summed E-state index contributed by atoms with van der Waals surface area (Å²) in [5, 5.41) is 4.02. The van der Waals surface area contributed by atoms with Crippen LogP contribution in [0.3, 0.4) is 0 Å². The summed E-state index contributed by atoms with van der Waals surface area (Å²) in [5.74, 6) is 1.41. The first-order chi connectivity index (χ1) is 15.5. The number of Topliss-reactive ketones (excluding diaryl/α,β-unsaturated/α-hetero) is 1. The molecule has 0 aliphatic carbocycles. The molecular formula is C22H26F2N6O2. The number of methoxy groups -OCH3 is 1. The third-order valence-electron chi connectivity index (χ3n) is 5.74. The van der Waals surface area contributed by atoms with Crippen molar-refractivity contribution in [3.8, 4) is 11.4 Å². The van der Waals surface area contributed by atoms with Crippen LogP contribution in [0.2, 0.25) is 0 Å². The van der Waals surface area contributed by atoms with Crippen LogP contribution in [0, 0.1) is 5.92 Å². The fraction of sp³-hybridized carbons (Fsp3) is 0.500. The van der Waals surface area contributed by atoms with E-state index in [9.17, 15) is 13.6 Å². The molecule has 1 atom stereocenters. The molecule has 1 fully saturated rings. The Balaban J connectivity index is 1.48. The lowest BCUT2D eigenvalue weighted by atomic mass is 9.92. The van der Waals surface area contributed by atoms with Gasteiger partial charge >= 0.3 is 0 Å². The van der Waals surface area contributed by atoms with E-state index in [1.807, 2.05) is 6.07 Å². The van der Waals surface area contributed by atoms with Gasteiger partial charge in [0, 0.05) is 32.7 Å². The Hall–Kier alpha value is -3.01. The SMILES string of the molecule is COCC(=O)CCCC1CCCN(c2cc(-c3cnc4ccc(C(F)F)nn34)ncn2)C1. The van der Waals surface area contributed by atoms with Gasteiger partial charge < -0.3 is 9.64 Å². The molecule has 0 spiro atoms. The van der Waals surface area contributed by atoms with Gasteiger partial charge in [-0.05, 0) is 43.7 Å². The zero-order valence-electron chi connectivity index (χ0n) is 18.0. The van der Waals surface area contributed by atoms with Crippen molar-refractivity contribution in [1.29, 1.82) is 0 Å². The maximum absolute atomic E-state index is 13.1. The molecule has 4 rings (SSSR count). The molecular weight excluding hydrogens is 418 g/mol. The number of alkyl halides is 2. The van der Waals surface area contributed by atoms with Crippen molar-refractivity contribution in [2.75, 3.05) is 31.7 Å². The lowest BCUT2D eigenvalue weighted by molar-refractivity contribution is -0.122. The molecule has 1 aliphatic rings. The number of hydrogen-bond donors (Lipinski definition) is 0. The Morgan fingerprint density at radius 1 is 1.28 bits per heavy atom. The minimum atomic E-state index is -2.66. The Morgan fingerprint density at radius 2 is 2.16 bits per heavy atom. The first-order valence-electron chi connectivity index (χ1n) is 10.8. The van der Waals surface area contributed by atoms with Crippen molar-refractivity contribution in [2.45, 2.75) is 38.5 Å². The molecule has 3 aromatic heterocycles. The van der Waals surface area contributed by atoms with Crippen LogP contribution >= 0.6 is 0 Å². The Kier molecular flexibility index (Phi) is 6.99. The topological polar surface area (TPSA) is 85.5 Å². The van der Waals surface area contributed by atoms with Gasteiger partial charge in [-0.25, -0.2) is 28.2 Å². The van der Waals surface area contributed by atoms with E-state index in [1.54, 1.807) is 6.20 Å². The average molecular weight is 444 g/mol. The van der Waals surface area contributed by atoms with Crippen molar-refractivity contribution < 1.29 is 18.3 Å². The van der Waals surface area contributed by atoms with Crippen LogP contribution in [0.4, 0.5) is 14.6 Å². The maximum atomic E-state index is 13.1. The number of imidazole rings is 1. The van der Waals surface area contributed by atoms with E-state index in [0.717, 1.165) is 44.6 Å². The molecule has 170 valence electrons. The van der Waals surface area contributed by atoms with Gasteiger partial charge in [-0.2, -0.15) is 5.10 Å². The molecule has 0 saturated carbocycles. The van der Waals surface area contributed by atoms with E-state index < -0.39 is 6.43 Å². The first-order valence-corrected chi connectivity index (χ1v) is 10.8. The largest absolute Gasteiger partial charge is 0.377 e. The Morgan fingerprint density at radius 3 is 2.97 bits per heavy atom. The molecule has 1 unspecified atom stereocenters. The molecule has 8 nitrogen and oxygen atoms in total. The average Bonchev–Trinajstić information content (AvgIpc) is 3.23. The summed E-state index contributed by atoms with van der Waals surface area (Å²) < 4.78 is 32.5. The van der Waals surface area contributed by atoms with Crippen molar-refractivity contribution >= 4 is 17.2 Å². The second kappa shape index (κ2) is 10.1. The highest BCUT2D eigenvalue weighted by Crippen LogP contribution is 2.28. The van der Waals surface area contributed by atoms with Crippen LogP contribution in [0.1, 0.15) is 44.2 Å². The number of hydrogen-bond acceptors (Lipinski definition) is 7. The van der Waals surface area contributed by atoms with E-state index in [-0.39, 0.29) is 18.1 Å². The second-order valence-corrected chi connectivity index (χ2v) is 8.05. The monoisotopic (exact) mass is 444 g/mol. The van der Waals surface area contributed by atoms with Gasteiger partial charge in [-0.15, -0.1) is 0 Å². The highest BCUT2D eigenvalue weighted by atomic mass is 19.3. The highest BCUT2D eigenvalue weighted by molar-refractivity contribution is 5.79. The third-order valence-corrected chi connectivity index (χ3v) is 5.74. The molecule has 10 heteroatoms. The fourth-order valence-corrected chi connectivity index (χ4v) is 4.17. The van der Waals surface area contributed by atoms with Gasteiger partial charge in [0.2, 0.25) is 0 Å². The number of anilines is 1. The van der Waals surface area contributed by atoms with Gasteiger partial charge in [0.25, 0.3) is 6.43 Å². The number of halogens is 2. The summed E-state index contributed by atoms with van der Waals surface area (Å²) in [6.07, 6.45) is 4.96. The summed E-state index contributed by atoms with van der Waals surface area (Å²) in [6.45, 7) is 1.92. The summed E-state index contributed by atoms with van der Waals surface area (Å²) in [7, 11) is 1.54. The molecule has 0 bridgehead atoms. The molecule has 0 amide bonds.